The number of fused-ring (bicyclic) bond motifs is 3. The summed E-state index contributed by atoms with van der Waals surface area (Å²) >= 11 is 0. The summed E-state index contributed by atoms with van der Waals surface area (Å²) in [5, 5.41) is 32.3. The van der Waals surface area contributed by atoms with Gasteiger partial charge in [0.15, 0.2) is 0 Å². The fraction of sp³-hybridized carbons (Fsp3) is 0.0455. The molecule has 2 aromatic carbocycles. The molecule has 4 aromatic rings. The van der Waals surface area contributed by atoms with Gasteiger partial charge < -0.3 is 14.6 Å². The summed E-state index contributed by atoms with van der Waals surface area (Å²) in [7, 11) is 0. The largest absolute Gasteiger partial charge is 0.406 e. The number of hydrogen-bond donors (Lipinski definition) is 1. The fourth-order valence-electron chi connectivity index (χ4n) is 3.98. The number of nitro benzene ring substituents is 2. The molecular formula is C22H12N6O7. The van der Waals surface area contributed by atoms with E-state index in [0.29, 0.717) is 11.1 Å². The molecule has 13 nitrogen and oxygen atoms in total. The highest BCUT2D eigenvalue weighted by molar-refractivity contribution is 5.73. The standard InChI is InChI=1S/C22H12N6O7/c23-10-15-17(12-4-2-6-14(9-12)28(32)33)18-20(35-22(24)25-18)26-16(21(29)34-19(15)26)8-11-3-1-5-13(7-11)27(30)31/h1-9,17H,(H2,24,25)/b16-8+/t17-/m1/s1. The van der Waals surface area contributed by atoms with Crippen LogP contribution in [-0.4, -0.2) is 19.4 Å². The molecule has 13 heteroatoms. The van der Waals surface area contributed by atoms with Crippen molar-refractivity contribution in [3.05, 3.63) is 107 Å². The smallest absolute Gasteiger partial charge is 0.362 e. The number of aromatic nitrogens is 2. The maximum atomic E-state index is 12.8. The minimum atomic E-state index is -0.966. The average molecular weight is 472 g/mol. The van der Waals surface area contributed by atoms with Crippen molar-refractivity contribution in [1.29, 1.82) is 5.26 Å². The SMILES string of the molecule is N#CC1=c2oc(=O)/c(=C\c3cccc([N+](=O)[O-])c3)n2-c2oc(N)nc2[C@@H]1c1cccc([N+](=O)[O-])c1. The summed E-state index contributed by atoms with van der Waals surface area (Å²) in [6.07, 6.45) is 1.34. The molecule has 0 unspecified atom stereocenters. The minimum absolute atomic E-state index is 0.0180. The number of nitrogens with zero attached hydrogens (tertiary/aromatic N) is 5. The Balaban J connectivity index is 1.84. The van der Waals surface area contributed by atoms with E-state index in [4.69, 9.17) is 14.6 Å². The van der Waals surface area contributed by atoms with E-state index in [0.717, 1.165) is 0 Å². The van der Waals surface area contributed by atoms with E-state index in [1.54, 1.807) is 12.1 Å². The van der Waals surface area contributed by atoms with Crippen molar-refractivity contribution in [2.24, 2.45) is 0 Å². The molecule has 1 aliphatic rings. The third-order valence-electron chi connectivity index (χ3n) is 5.41. The quantitative estimate of drug-likeness (QED) is 0.335. The second kappa shape index (κ2) is 7.81. The third-order valence-corrected chi connectivity index (χ3v) is 5.41. The van der Waals surface area contributed by atoms with Gasteiger partial charge in [0.1, 0.15) is 22.7 Å². The lowest BCUT2D eigenvalue weighted by atomic mass is 9.87. The Labute approximate surface area is 193 Å². The lowest BCUT2D eigenvalue weighted by molar-refractivity contribution is -0.385. The first-order valence-corrected chi connectivity index (χ1v) is 9.91. The van der Waals surface area contributed by atoms with E-state index >= 15 is 0 Å². The highest BCUT2D eigenvalue weighted by Crippen LogP contribution is 2.38. The summed E-state index contributed by atoms with van der Waals surface area (Å²) in [6.45, 7) is 0. The molecule has 0 aliphatic carbocycles. The number of non-ortho nitro benzene ring substituents is 2. The number of nitrogens with two attached hydrogens (primary N) is 1. The van der Waals surface area contributed by atoms with Crippen LogP contribution in [0.25, 0.3) is 17.5 Å². The van der Waals surface area contributed by atoms with Crippen LogP contribution in [0.1, 0.15) is 22.7 Å². The molecule has 2 N–H and O–H groups in total. The molecule has 1 aliphatic heterocycles. The lowest BCUT2D eigenvalue weighted by Gasteiger charge is -2.18. The molecule has 0 radical (unpaired) electrons. The Morgan fingerprint density at radius 3 is 2.46 bits per heavy atom. The topological polar surface area (TPSA) is 197 Å². The van der Waals surface area contributed by atoms with Crippen LogP contribution in [0.3, 0.4) is 0 Å². The third kappa shape index (κ3) is 3.42. The number of hydrogen-bond acceptors (Lipinski definition) is 10. The van der Waals surface area contributed by atoms with Gasteiger partial charge in [0, 0.05) is 24.3 Å². The van der Waals surface area contributed by atoms with Crippen molar-refractivity contribution in [2.45, 2.75) is 5.92 Å². The molecule has 172 valence electrons. The van der Waals surface area contributed by atoms with Gasteiger partial charge in [-0.25, -0.2) is 9.36 Å². The Morgan fingerprint density at radius 1 is 1.09 bits per heavy atom. The number of oxazole rings is 2. The van der Waals surface area contributed by atoms with E-state index in [1.165, 1.54) is 47.0 Å². The van der Waals surface area contributed by atoms with Crippen molar-refractivity contribution >= 4 is 29.0 Å². The average Bonchev–Trinajstić information content (AvgIpc) is 3.37. The maximum Gasteiger partial charge on any atom is 0.362 e. The number of benzene rings is 2. The Morgan fingerprint density at radius 2 is 1.77 bits per heavy atom. The predicted molar refractivity (Wildman–Crippen MR) is 119 cm³/mol. The van der Waals surface area contributed by atoms with Crippen molar-refractivity contribution < 1.29 is 18.7 Å². The molecule has 5 rings (SSSR count). The highest BCUT2D eigenvalue weighted by Gasteiger charge is 2.36. The van der Waals surface area contributed by atoms with Crippen molar-refractivity contribution in [3.8, 4) is 12.0 Å². The van der Waals surface area contributed by atoms with E-state index in [1.807, 2.05) is 6.07 Å². The van der Waals surface area contributed by atoms with Crippen molar-refractivity contribution in [1.82, 2.24) is 9.55 Å². The monoisotopic (exact) mass is 472 g/mol. The molecular weight excluding hydrogens is 460 g/mol. The number of nitrogen functional groups attached to an aromatic ring is 1. The zero-order chi connectivity index (χ0) is 24.9. The number of nitro groups is 2. The second-order valence-corrected chi connectivity index (χ2v) is 7.46. The molecule has 3 heterocycles. The Kier molecular flexibility index (Phi) is 4.76. The minimum Gasteiger partial charge on any atom is -0.406 e. The molecule has 0 saturated heterocycles. The van der Waals surface area contributed by atoms with E-state index in [2.05, 4.69) is 4.98 Å². The highest BCUT2D eigenvalue weighted by atomic mass is 16.6. The molecule has 0 bridgehead atoms. The maximum absolute atomic E-state index is 12.8. The first-order valence-electron chi connectivity index (χ1n) is 9.91. The molecule has 0 saturated carbocycles. The summed E-state index contributed by atoms with van der Waals surface area (Å²) in [5.74, 6) is -0.984. The van der Waals surface area contributed by atoms with Gasteiger partial charge in [-0.2, -0.15) is 10.2 Å². The van der Waals surface area contributed by atoms with Crippen LogP contribution < -0.4 is 22.3 Å². The second-order valence-electron chi connectivity index (χ2n) is 7.46. The normalized spacial score (nSPS) is 14.8. The van der Waals surface area contributed by atoms with Crippen LogP contribution in [0, 0.1) is 31.6 Å². The van der Waals surface area contributed by atoms with Gasteiger partial charge in [-0.3, -0.25) is 20.2 Å². The van der Waals surface area contributed by atoms with Crippen LogP contribution in [0.4, 0.5) is 17.4 Å². The van der Waals surface area contributed by atoms with Gasteiger partial charge in [0.25, 0.3) is 17.4 Å². The Hall–Kier alpha value is -5.51. The Bertz CT molecular complexity index is 1770. The van der Waals surface area contributed by atoms with Gasteiger partial charge in [-0.05, 0) is 17.2 Å². The molecule has 2 aromatic heterocycles. The number of rotatable bonds is 4. The molecule has 0 amide bonds. The van der Waals surface area contributed by atoms with Crippen LogP contribution >= 0.6 is 0 Å². The van der Waals surface area contributed by atoms with Crippen molar-refractivity contribution in [3.63, 3.8) is 0 Å². The molecule has 1 atom stereocenters. The van der Waals surface area contributed by atoms with E-state index in [9.17, 15) is 30.3 Å². The first-order chi connectivity index (χ1) is 16.8. The van der Waals surface area contributed by atoms with Gasteiger partial charge >= 0.3 is 5.63 Å². The zero-order valence-corrected chi connectivity index (χ0v) is 17.4. The van der Waals surface area contributed by atoms with E-state index < -0.39 is 21.4 Å². The van der Waals surface area contributed by atoms with Gasteiger partial charge in [-0.1, -0.05) is 24.3 Å². The van der Waals surface area contributed by atoms with Crippen LogP contribution in [0.15, 0.2) is 62.2 Å². The van der Waals surface area contributed by atoms with Crippen LogP contribution in [0.5, 0.6) is 0 Å². The molecule has 0 fully saturated rings. The van der Waals surface area contributed by atoms with E-state index in [-0.39, 0.29) is 45.4 Å². The zero-order valence-electron chi connectivity index (χ0n) is 17.4. The number of nitriles is 1. The van der Waals surface area contributed by atoms with Crippen LogP contribution in [0.2, 0.25) is 0 Å². The summed E-state index contributed by atoms with van der Waals surface area (Å²) in [5.41, 5.74) is 5.13. The summed E-state index contributed by atoms with van der Waals surface area (Å²) in [4.78, 5) is 38.3. The fourth-order valence-corrected chi connectivity index (χ4v) is 3.98. The van der Waals surface area contributed by atoms with Crippen LogP contribution in [-0.2, 0) is 0 Å². The molecule has 35 heavy (non-hydrogen) atoms. The molecule has 0 spiro atoms. The van der Waals surface area contributed by atoms with Gasteiger partial charge in [-0.15, -0.1) is 0 Å². The van der Waals surface area contributed by atoms with Crippen molar-refractivity contribution in [2.75, 3.05) is 5.73 Å². The summed E-state index contributed by atoms with van der Waals surface area (Å²) in [6, 6.07) is 12.9. The number of anilines is 1. The van der Waals surface area contributed by atoms with Gasteiger partial charge in [0.05, 0.1) is 15.8 Å². The summed E-state index contributed by atoms with van der Waals surface area (Å²) < 4.78 is 12.2. The lowest BCUT2D eigenvalue weighted by Crippen LogP contribution is -2.35. The predicted octanol–water partition coefficient (Wildman–Crippen LogP) is 1.47. The first kappa shape index (κ1) is 21.3. The van der Waals surface area contributed by atoms with Gasteiger partial charge in [0.2, 0.25) is 11.4 Å².